The van der Waals surface area contributed by atoms with Gasteiger partial charge in [-0.25, -0.2) is 8.42 Å². The molecule has 2 fully saturated rings. The number of pyridine rings is 1. The number of Topliss-reactive ketones (excluding diaryl/α,β-unsaturated/α-hetero) is 1. The first-order valence-corrected chi connectivity index (χ1v) is 12.9. The van der Waals surface area contributed by atoms with Crippen LogP contribution >= 0.6 is 0 Å². The minimum Gasteiger partial charge on any atom is -0.299 e. The number of carbonyl (C=O) groups is 1. The van der Waals surface area contributed by atoms with E-state index in [4.69, 9.17) is 4.98 Å². The van der Waals surface area contributed by atoms with Gasteiger partial charge in [0, 0.05) is 35.7 Å². The summed E-state index contributed by atoms with van der Waals surface area (Å²) in [5, 5.41) is -0.291. The highest BCUT2D eigenvalue weighted by molar-refractivity contribution is 7.93. The number of hydrogen-bond donors (Lipinski definition) is 1. The van der Waals surface area contributed by atoms with Gasteiger partial charge in [0.2, 0.25) is 10.0 Å². The molecule has 0 saturated heterocycles. The average Bonchev–Trinajstić information content (AvgIpc) is 3.52. The van der Waals surface area contributed by atoms with E-state index in [2.05, 4.69) is 16.9 Å². The molecule has 31 heavy (non-hydrogen) atoms. The quantitative estimate of drug-likeness (QED) is 0.669. The van der Waals surface area contributed by atoms with Crippen LogP contribution in [0.4, 0.5) is 5.69 Å². The predicted octanol–water partition coefficient (Wildman–Crippen LogP) is 4.91. The number of nitrogens with one attached hydrogen (secondary N) is 1. The summed E-state index contributed by atoms with van der Waals surface area (Å²) in [6, 6.07) is 9.59. The van der Waals surface area contributed by atoms with Crippen LogP contribution in [0.25, 0.3) is 17.2 Å². The molecule has 3 aliphatic carbocycles. The third-order valence-corrected chi connectivity index (χ3v) is 8.49. The second-order valence-corrected chi connectivity index (χ2v) is 11.0. The van der Waals surface area contributed by atoms with Crippen molar-refractivity contribution in [1.82, 2.24) is 4.98 Å². The molecule has 0 bridgehead atoms. The zero-order valence-electron chi connectivity index (χ0n) is 17.6. The first kappa shape index (κ1) is 20.4. The molecule has 0 unspecified atom stereocenters. The Kier molecular flexibility index (Phi) is 5.42. The van der Waals surface area contributed by atoms with Gasteiger partial charge in [0.1, 0.15) is 5.78 Å². The number of sulfonamides is 1. The van der Waals surface area contributed by atoms with Crippen molar-refractivity contribution in [2.24, 2.45) is 5.92 Å². The van der Waals surface area contributed by atoms with Crippen LogP contribution in [-0.4, -0.2) is 24.4 Å². The molecule has 5 rings (SSSR count). The van der Waals surface area contributed by atoms with Crippen molar-refractivity contribution < 1.29 is 13.2 Å². The molecule has 6 heteroatoms. The van der Waals surface area contributed by atoms with E-state index in [-0.39, 0.29) is 17.0 Å². The van der Waals surface area contributed by atoms with Gasteiger partial charge in [-0.05, 0) is 55.0 Å². The molecule has 1 heterocycles. The van der Waals surface area contributed by atoms with Crippen molar-refractivity contribution in [2.75, 3.05) is 4.72 Å². The summed E-state index contributed by atoms with van der Waals surface area (Å²) in [5.41, 5.74) is 5.59. The highest BCUT2D eigenvalue weighted by atomic mass is 32.2. The molecular weight excluding hydrogens is 408 g/mol. The van der Waals surface area contributed by atoms with Crippen LogP contribution in [0.15, 0.2) is 36.4 Å². The monoisotopic (exact) mass is 436 g/mol. The van der Waals surface area contributed by atoms with Crippen molar-refractivity contribution in [3.05, 3.63) is 53.4 Å². The maximum Gasteiger partial charge on any atom is 0.235 e. The third kappa shape index (κ3) is 4.45. The Labute approximate surface area is 184 Å². The summed E-state index contributed by atoms with van der Waals surface area (Å²) in [6.07, 6.45) is 12.0. The number of rotatable bonds is 7. The lowest BCUT2D eigenvalue weighted by molar-refractivity contribution is -0.119. The Morgan fingerprint density at radius 1 is 1.03 bits per heavy atom. The van der Waals surface area contributed by atoms with Crippen molar-refractivity contribution in [3.8, 4) is 11.1 Å². The summed E-state index contributed by atoms with van der Waals surface area (Å²) in [4.78, 5) is 17.0. The molecular formula is C25H28N2O3S. The van der Waals surface area contributed by atoms with Crippen molar-refractivity contribution >= 4 is 27.6 Å². The summed E-state index contributed by atoms with van der Waals surface area (Å²) in [5.74, 6) is 0.518. The normalized spacial score (nSPS) is 18.7. The van der Waals surface area contributed by atoms with E-state index in [1.807, 2.05) is 30.3 Å². The molecule has 3 aliphatic rings. The van der Waals surface area contributed by atoms with Crippen molar-refractivity contribution in [3.63, 3.8) is 0 Å². The van der Waals surface area contributed by atoms with Gasteiger partial charge in [0.25, 0.3) is 0 Å². The number of hydrogen-bond acceptors (Lipinski definition) is 4. The number of ketones is 1. The topological polar surface area (TPSA) is 76.1 Å². The minimum atomic E-state index is -3.35. The minimum absolute atomic E-state index is 0.230. The van der Waals surface area contributed by atoms with E-state index in [9.17, 15) is 13.2 Å². The number of fused-ring (bicyclic) bond motifs is 1. The van der Waals surface area contributed by atoms with Crippen molar-refractivity contribution in [2.45, 2.75) is 63.0 Å². The second kappa shape index (κ2) is 8.23. The Morgan fingerprint density at radius 2 is 1.77 bits per heavy atom. The molecule has 0 radical (unpaired) electrons. The predicted molar refractivity (Wildman–Crippen MR) is 123 cm³/mol. The van der Waals surface area contributed by atoms with Crippen molar-refractivity contribution in [1.29, 1.82) is 0 Å². The van der Waals surface area contributed by atoms with Gasteiger partial charge in [0.15, 0.2) is 0 Å². The van der Waals surface area contributed by atoms with E-state index in [0.717, 1.165) is 79.4 Å². The number of nitrogens with zero attached hydrogens (tertiary/aromatic N) is 1. The smallest absolute Gasteiger partial charge is 0.235 e. The van der Waals surface area contributed by atoms with Crippen LogP contribution in [0.5, 0.6) is 0 Å². The van der Waals surface area contributed by atoms with E-state index in [1.54, 1.807) is 0 Å². The van der Waals surface area contributed by atoms with E-state index < -0.39 is 10.0 Å². The van der Waals surface area contributed by atoms with Crippen LogP contribution in [0.1, 0.15) is 61.9 Å². The molecule has 0 atom stereocenters. The lowest BCUT2D eigenvalue weighted by Crippen LogP contribution is -2.29. The molecule has 0 spiro atoms. The number of allylic oxidation sites excluding steroid dienone is 1. The van der Waals surface area contributed by atoms with Gasteiger partial charge in [-0.1, -0.05) is 43.5 Å². The van der Waals surface area contributed by atoms with E-state index in [0.29, 0.717) is 12.1 Å². The molecule has 5 nitrogen and oxygen atoms in total. The fraction of sp³-hybridized carbons (Fsp3) is 0.440. The zero-order chi connectivity index (χ0) is 21.4. The fourth-order valence-corrected chi connectivity index (χ4v) is 6.28. The summed E-state index contributed by atoms with van der Waals surface area (Å²) >= 11 is 0. The first-order chi connectivity index (χ1) is 15.0. The summed E-state index contributed by atoms with van der Waals surface area (Å²) in [6.45, 7) is 0. The highest BCUT2D eigenvalue weighted by Gasteiger charge is 2.30. The Hall–Kier alpha value is -2.47. The lowest BCUT2D eigenvalue weighted by Gasteiger charge is -2.22. The zero-order valence-corrected chi connectivity index (χ0v) is 18.5. The fourth-order valence-electron chi connectivity index (χ4n) is 4.69. The standard InChI is InChI=1S/C25H28N2O3S/c28-25(18-9-10-18)16-20-15-23(22-7-4-8-24(22)26-20)17-11-13-19(14-12-17)27-31(29,30)21-5-2-1-3-6-21/h4,7,11-15,18,21,27H,1-3,5-6,8-10,16H2. The lowest BCUT2D eigenvalue weighted by atomic mass is 9.97. The summed E-state index contributed by atoms with van der Waals surface area (Å²) in [7, 11) is -3.35. The number of aromatic nitrogens is 1. The SMILES string of the molecule is O=C(Cc1cc(-c2ccc(NS(=O)(=O)C3CCCCC3)cc2)c2c(n1)CC=C2)C1CC1. The average molecular weight is 437 g/mol. The molecule has 1 aromatic heterocycles. The third-order valence-electron chi connectivity index (χ3n) is 6.62. The molecule has 2 saturated carbocycles. The summed E-state index contributed by atoms with van der Waals surface area (Å²) < 4.78 is 28.2. The number of benzene rings is 1. The van der Waals surface area contributed by atoms with Gasteiger partial charge in [-0.3, -0.25) is 14.5 Å². The van der Waals surface area contributed by atoms with Crippen LogP contribution < -0.4 is 4.72 Å². The maximum absolute atomic E-state index is 12.7. The Bertz CT molecular complexity index is 1130. The van der Waals surface area contributed by atoms with Crippen LogP contribution in [-0.2, 0) is 27.7 Å². The molecule has 0 amide bonds. The van der Waals surface area contributed by atoms with E-state index in [1.165, 1.54) is 0 Å². The van der Waals surface area contributed by atoms with Gasteiger partial charge < -0.3 is 0 Å². The number of carbonyl (C=O) groups excluding carboxylic acids is 1. The van der Waals surface area contributed by atoms with Gasteiger partial charge >= 0.3 is 0 Å². The Morgan fingerprint density at radius 3 is 2.48 bits per heavy atom. The van der Waals surface area contributed by atoms with Crippen LogP contribution in [0, 0.1) is 5.92 Å². The molecule has 162 valence electrons. The Balaban J connectivity index is 1.38. The van der Waals surface area contributed by atoms with Gasteiger partial charge in [-0.2, -0.15) is 0 Å². The van der Waals surface area contributed by atoms with Crippen LogP contribution in [0.2, 0.25) is 0 Å². The second-order valence-electron chi connectivity index (χ2n) is 9.03. The van der Waals surface area contributed by atoms with Gasteiger partial charge in [-0.15, -0.1) is 0 Å². The largest absolute Gasteiger partial charge is 0.299 e. The number of anilines is 1. The van der Waals surface area contributed by atoms with E-state index >= 15 is 0 Å². The molecule has 0 aliphatic heterocycles. The van der Waals surface area contributed by atoms with Crippen LogP contribution in [0.3, 0.4) is 0 Å². The van der Waals surface area contributed by atoms with Gasteiger partial charge in [0.05, 0.1) is 10.9 Å². The highest BCUT2D eigenvalue weighted by Crippen LogP contribution is 2.34. The first-order valence-electron chi connectivity index (χ1n) is 11.3. The molecule has 1 aromatic carbocycles. The molecule has 1 N–H and O–H groups in total. The maximum atomic E-state index is 12.7. The molecule has 2 aromatic rings.